The molecule has 1 unspecified atom stereocenters. The monoisotopic (exact) mass is 700 g/mol. The predicted molar refractivity (Wildman–Crippen MR) is 195 cm³/mol. The molecule has 12 heteroatoms. The number of rotatable bonds is 9. The first-order valence-electron chi connectivity index (χ1n) is 17.5. The van der Waals surface area contributed by atoms with Crippen molar-refractivity contribution >= 4 is 33.3 Å². The maximum Gasteiger partial charge on any atom is 0.324 e. The molecule has 0 saturated carbocycles. The summed E-state index contributed by atoms with van der Waals surface area (Å²) in [6, 6.07) is 18.1. The zero-order valence-electron chi connectivity index (χ0n) is 29.6. The lowest BCUT2D eigenvalue weighted by Gasteiger charge is -2.31. The Morgan fingerprint density at radius 2 is 1.62 bits per heavy atom. The number of nitrogens with zero attached hydrogens (tertiary/aromatic N) is 3. The van der Waals surface area contributed by atoms with Crippen LogP contribution in [0.15, 0.2) is 70.2 Å². The van der Waals surface area contributed by atoms with Gasteiger partial charge in [0.25, 0.3) is 10.0 Å². The second-order valence-electron chi connectivity index (χ2n) is 14.5. The van der Waals surface area contributed by atoms with Crippen LogP contribution in [-0.4, -0.2) is 60.5 Å². The third-order valence-electron chi connectivity index (χ3n) is 9.75. The lowest BCUT2D eigenvalue weighted by Crippen LogP contribution is -2.35. The summed E-state index contributed by atoms with van der Waals surface area (Å²) in [6.07, 6.45) is 4.08. The van der Waals surface area contributed by atoms with Gasteiger partial charge in [-0.3, -0.25) is 10.1 Å². The van der Waals surface area contributed by atoms with E-state index in [2.05, 4.69) is 36.7 Å². The lowest BCUT2D eigenvalue weighted by molar-refractivity contribution is 0.0914. The number of anilines is 2. The first-order valence-corrected chi connectivity index (χ1v) is 19.0. The van der Waals surface area contributed by atoms with Crippen molar-refractivity contribution in [2.75, 3.05) is 36.8 Å². The number of Topliss-reactive ketones (excluding diaryl/α,β-unsaturated/α-hetero) is 1. The summed E-state index contributed by atoms with van der Waals surface area (Å²) in [5.41, 5.74) is 3.92. The molecule has 4 aromatic rings. The number of aromatic nitrogens is 2. The van der Waals surface area contributed by atoms with E-state index in [1.807, 2.05) is 55.5 Å². The fraction of sp³-hybridized carbons (Fsp3) is 0.447. The van der Waals surface area contributed by atoms with Crippen molar-refractivity contribution in [1.82, 2.24) is 19.4 Å². The molecule has 0 bridgehead atoms. The van der Waals surface area contributed by atoms with Crippen molar-refractivity contribution in [2.45, 2.75) is 83.1 Å². The van der Waals surface area contributed by atoms with Crippen molar-refractivity contribution in [3.05, 3.63) is 88.8 Å². The Morgan fingerprint density at radius 3 is 2.30 bits per heavy atom. The van der Waals surface area contributed by atoms with Crippen molar-refractivity contribution in [2.24, 2.45) is 5.92 Å². The van der Waals surface area contributed by atoms with Gasteiger partial charge in [-0.2, -0.15) is 9.40 Å². The Morgan fingerprint density at radius 1 is 0.940 bits per heavy atom. The molecule has 0 spiro atoms. The molecular formula is C38H48N6O5S. The fourth-order valence-electron chi connectivity index (χ4n) is 6.88. The summed E-state index contributed by atoms with van der Waals surface area (Å²) < 4.78 is 35.9. The number of para-hydroxylation sites is 1. The molecule has 1 atom stereocenters. The summed E-state index contributed by atoms with van der Waals surface area (Å²) >= 11 is 0. The number of urea groups is 1. The maximum absolute atomic E-state index is 14.6. The third kappa shape index (κ3) is 7.57. The van der Waals surface area contributed by atoms with Gasteiger partial charge in [-0.15, -0.1) is 0 Å². The molecule has 0 radical (unpaired) electrons. The Kier molecular flexibility index (Phi) is 10.3. The number of benzene rings is 2. The van der Waals surface area contributed by atoms with E-state index in [0.29, 0.717) is 30.2 Å². The zero-order valence-corrected chi connectivity index (χ0v) is 30.4. The first-order chi connectivity index (χ1) is 23.8. The van der Waals surface area contributed by atoms with E-state index in [1.165, 1.54) is 10.4 Å². The van der Waals surface area contributed by atoms with E-state index in [9.17, 15) is 18.0 Å². The van der Waals surface area contributed by atoms with E-state index in [-0.39, 0.29) is 33.5 Å². The average molecular weight is 701 g/mol. The van der Waals surface area contributed by atoms with Gasteiger partial charge >= 0.3 is 6.03 Å². The van der Waals surface area contributed by atoms with Gasteiger partial charge in [-0.25, -0.2) is 17.9 Å². The minimum Gasteiger partial charge on any atom is -0.448 e. The smallest absolute Gasteiger partial charge is 0.324 e. The number of carbonyl (C=O) groups is 2. The van der Waals surface area contributed by atoms with Crippen LogP contribution in [0.25, 0.3) is 5.69 Å². The van der Waals surface area contributed by atoms with Gasteiger partial charge in [0.05, 0.1) is 22.9 Å². The van der Waals surface area contributed by atoms with Crippen LogP contribution in [0.2, 0.25) is 0 Å². The van der Waals surface area contributed by atoms with Crippen molar-refractivity contribution in [3.63, 3.8) is 0 Å². The summed E-state index contributed by atoms with van der Waals surface area (Å²) in [5.74, 6) is -0.118. The largest absolute Gasteiger partial charge is 0.448 e. The quantitative estimate of drug-likeness (QED) is 0.158. The van der Waals surface area contributed by atoms with Gasteiger partial charge in [0, 0.05) is 36.3 Å². The van der Waals surface area contributed by atoms with Crippen LogP contribution in [0.4, 0.5) is 16.3 Å². The van der Waals surface area contributed by atoms with Gasteiger partial charge in [-0.05, 0) is 82.3 Å². The van der Waals surface area contributed by atoms with Gasteiger partial charge in [-0.1, -0.05) is 63.1 Å². The van der Waals surface area contributed by atoms with Crippen LogP contribution in [0, 0.1) is 19.8 Å². The number of sulfonamides is 1. The van der Waals surface area contributed by atoms with Crippen molar-refractivity contribution in [3.8, 4) is 5.69 Å². The number of hydrogen-bond acceptors (Lipinski definition) is 7. The van der Waals surface area contributed by atoms with Crippen LogP contribution >= 0.6 is 0 Å². The number of ketones is 1. The third-order valence-corrected chi connectivity index (χ3v) is 11.5. The standard InChI is InChI=1S/C38H48N6O5S/c1-25-13-15-28(16-14-25)44-33(24-32(42-44)38(3,4)5)41-37(46)40-31-12-8-7-11-29(31)35(27-17-19-39-20-18-27)36(45)30-23-34(49-26(30)2)50(47,48)43-21-9-6-10-22-43/h7-8,11-16,23-24,27,35,39H,6,9-10,17-22H2,1-5H3,(H2,40,41,46). The van der Waals surface area contributed by atoms with Gasteiger partial charge in [0.2, 0.25) is 5.09 Å². The minimum atomic E-state index is -3.87. The average Bonchev–Trinajstić information content (AvgIpc) is 3.71. The van der Waals surface area contributed by atoms with Gasteiger partial charge < -0.3 is 15.1 Å². The highest BCUT2D eigenvalue weighted by Gasteiger charge is 2.37. The maximum atomic E-state index is 14.6. The number of carbonyl (C=O) groups excluding carboxylic acids is 2. The molecule has 2 amide bonds. The normalized spacial score (nSPS) is 17.0. The summed E-state index contributed by atoms with van der Waals surface area (Å²) in [4.78, 5) is 28.3. The zero-order chi connectivity index (χ0) is 35.6. The van der Waals surface area contributed by atoms with Gasteiger partial charge in [0.15, 0.2) is 5.78 Å². The van der Waals surface area contributed by atoms with E-state index in [4.69, 9.17) is 9.52 Å². The summed E-state index contributed by atoms with van der Waals surface area (Å²) in [6.45, 7) is 12.3. The molecular weight excluding hydrogens is 653 g/mol. The lowest BCUT2D eigenvalue weighted by atomic mass is 9.76. The summed E-state index contributed by atoms with van der Waals surface area (Å²) in [5, 5.41) is 14.0. The highest BCUT2D eigenvalue weighted by Crippen LogP contribution is 2.39. The number of amides is 2. The molecule has 266 valence electrons. The molecule has 2 aliphatic rings. The van der Waals surface area contributed by atoms with Crippen LogP contribution in [0.1, 0.15) is 91.7 Å². The SMILES string of the molecule is Cc1ccc(-n2nc(C(C)(C)C)cc2NC(=O)Nc2ccccc2C(C(=O)c2cc(S(=O)(=O)N3CCCCC3)oc2C)C2CCNCC2)cc1. The topological polar surface area (TPSA) is 139 Å². The first kappa shape index (κ1) is 35.6. The highest BCUT2D eigenvalue weighted by molar-refractivity contribution is 7.89. The molecule has 11 nitrogen and oxygen atoms in total. The predicted octanol–water partition coefficient (Wildman–Crippen LogP) is 7.16. The Bertz CT molecular complexity index is 1950. The molecule has 2 aliphatic heterocycles. The van der Waals surface area contributed by atoms with E-state index in [1.54, 1.807) is 17.7 Å². The van der Waals surface area contributed by atoms with E-state index < -0.39 is 22.0 Å². The molecule has 2 fully saturated rings. The number of aryl methyl sites for hydroxylation is 2. The number of furan rings is 1. The molecule has 3 N–H and O–H groups in total. The van der Waals surface area contributed by atoms with Crippen LogP contribution < -0.4 is 16.0 Å². The second-order valence-corrected chi connectivity index (χ2v) is 16.4. The van der Waals surface area contributed by atoms with Crippen LogP contribution in [-0.2, 0) is 15.4 Å². The molecule has 2 aromatic heterocycles. The number of piperidine rings is 2. The second kappa shape index (κ2) is 14.5. The number of hydrogen-bond donors (Lipinski definition) is 3. The molecule has 2 saturated heterocycles. The van der Waals surface area contributed by atoms with Gasteiger partial charge in [0.1, 0.15) is 11.6 Å². The molecule has 0 aliphatic carbocycles. The molecule has 6 rings (SSSR count). The Balaban J connectivity index is 1.31. The van der Waals surface area contributed by atoms with E-state index in [0.717, 1.165) is 62.1 Å². The Labute approximate surface area is 294 Å². The van der Waals surface area contributed by atoms with E-state index >= 15 is 0 Å². The fourth-order valence-corrected chi connectivity index (χ4v) is 8.38. The molecule has 50 heavy (non-hydrogen) atoms. The van der Waals surface area contributed by atoms with Crippen LogP contribution in [0.3, 0.4) is 0 Å². The summed E-state index contributed by atoms with van der Waals surface area (Å²) in [7, 11) is -3.87. The number of nitrogens with one attached hydrogen (secondary N) is 3. The Hall–Kier alpha value is -4.26. The molecule has 4 heterocycles. The highest BCUT2D eigenvalue weighted by atomic mass is 32.2. The van der Waals surface area contributed by atoms with Crippen molar-refractivity contribution in [1.29, 1.82) is 0 Å². The van der Waals surface area contributed by atoms with Crippen molar-refractivity contribution < 1.29 is 22.4 Å². The minimum absolute atomic E-state index is 0.0384. The molecule has 2 aromatic carbocycles. The van der Waals surface area contributed by atoms with Crippen LogP contribution in [0.5, 0.6) is 0 Å².